The first-order valence-corrected chi connectivity index (χ1v) is 10.4. The summed E-state index contributed by atoms with van der Waals surface area (Å²) in [5, 5.41) is 2.73. The minimum absolute atomic E-state index is 0.166. The molecule has 29 heavy (non-hydrogen) atoms. The van der Waals surface area contributed by atoms with Crippen molar-refractivity contribution in [1.29, 1.82) is 0 Å². The summed E-state index contributed by atoms with van der Waals surface area (Å²) >= 11 is 0. The summed E-state index contributed by atoms with van der Waals surface area (Å²) in [6.45, 7) is 2.48. The van der Waals surface area contributed by atoms with E-state index in [1.807, 2.05) is 0 Å². The van der Waals surface area contributed by atoms with Crippen molar-refractivity contribution in [2.45, 2.75) is 51.0 Å². The summed E-state index contributed by atoms with van der Waals surface area (Å²) in [4.78, 5) is 50.8. The summed E-state index contributed by atoms with van der Waals surface area (Å²) in [6, 6.07) is -0.881. The molecular formula is C20H27N5O4. The van der Waals surface area contributed by atoms with Crippen LogP contribution in [-0.2, 0) is 27.2 Å². The van der Waals surface area contributed by atoms with Crippen molar-refractivity contribution < 1.29 is 19.1 Å². The summed E-state index contributed by atoms with van der Waals surface area (Å²) < 4.78 is 4.72. The third-order valence-electron chi connectivity index (χ3n) is 5.94. The Labute approximate surface area is 169 Å². The fourth-order valence-electron chi connectivity index (χ4n) is 4.35. The van der Waals surface area contributed by atoms with Crippen LogP contribution in [0.25, 0.3) is 0 Å². The number of nitrogens with one attached hydrogen (secondary N) is 1. The molecule has 9 heteroatoms. The molecular weight excluding hydrogens is 374 g/mol. The van der Waals surface area contributed by atoms with E-state index in [2.05, 4.69) is 15.2 Å². The van der Waals surface area contributed by atoms with Gasteiger partial charge in [0, 0.05) is 37.4 Å². The average Bonchev–Trinajstić information content (AvgIpc) is 3.28. The van der Waals surface area contributed by atoms with Crippen LogP contribution >= 0.6 is 0 Å². The lowest BCUT2D eigenvalue weighted by molar-refractivity contribution is -0.145. The number of amides is 2. The van der Waals surface area contributed by atoms with Gasteiger partial charge in [-0.1, -0.05) is 0 Å². The Morgan fingerprint density at radius 1 is 1.10 bits per heavy atom. The standard InChI is InChI=1S/C20H27N5O4/c1-29-16(26)12-15-18(27)21-8-11-25(15)19(28)17-13-6-2-3-7-14(13)22-20(23-17)24-9-4-5-10-24/h15H,2-12H2,1H3,(H,21,27). The van der Waals surface area contributed by atoms with E-state index in [9.17, 15) is 14.4 Å². The zero-order chi connectivity index (χ0) is 20.4. The highest BCUT2D eigenvalue weighted by Gasteiger charge is 2.37. The largest absolute Gasteiger partial charge is 0.469 e. The molecule has 4 rings (SSSR count). The lowest BCUT2D eigenvalue weighted by atomic mass is 9.94. The predicted molar refractivity (Wildman–Crippen MR) is 105 cm³/mol. The molecule has 2 aliphatic heterocycles. The summed E-state index contributed by atoms with van der Waals surface area (Å²) in [5.74, 6) is -0.544. The van der Waals surface area contributed by atoms with Gasteiger partial charge in [-0.15, -0.1) is 0 Å². The van der Waals surface area contributed by atoms with Crippen LogP contribution in [0.5, 0.6) is 0 Å². The van der Waals surface area contributed by atoms with Crippen LogP contribution in [0.2, 0.25) is 0 Å². The number of aromatic nitrogens is 2. The molecule has 1 atom stereocenters. The van der Waals surface area contributed by atoms with E-state index < -0.39 is 12.0 Å². The number of nitrogens with zero attached hydrogens (tertiary/aromatic N) is 4. The van der Waals surface area contributed by atoms with Gasteiger partial charge in [-0.2, -0.15) is 0 Å². The maximum Gasteiger partial charge on any atom is 0.308 e. The first-order chi connectivity index (χ1) is 14.1. The van der Waals surface area contributed by atoms with Gasteiger partial charge in [0.1, 0.15) is 11.7 Å². The third-order valence-corrected chi connectivity index (χ3v) is 5.94. The molecule has 0 saturated carbocycles. The number of aryl methyl sites for hydroxylation is 1. The van der Waals surface area contributed by atoms with Crippen LogP contribution in [0.4, 0.5) is 5.95 Å². The number of rotatable bonds is 4. The van der Waals surface area contributed by atoms with Crippen molar-refractivity contribution in [3.63, 3.8) is 0 Å². The summed E-state index contributed by atoms with van der Waals surface area (Å²) in [5.41, 5.74) is 2.23. The zero-order valence-corrected chi connectivity index (χ0v) is 16.8. The number of ether oxygens (including phenoxy) is 1. The Bertz CT molecular complexity index is 821. The van der Waals surface area contributed by atoms with Crippen LogP contribution in [0.1, 0.15) is 53.8 Å². The number of esters is 1. The number of fused-ring (bicyclic) bond motifs is 1. The normalized spacial score (nSPS) is 21.6. The predicted octanol–water partition coefficient (Wildman–Crippen LogP) is 0.459. The molecule has 1 unspecified atom stereocenters. The highest BCUT2D eigenvalue weighted by Crippen LogP contribution is 2.27. The maximum absolute atomic E-state index is 13.5. The molecule has 1 aliphatic carbocycles. The van der Waals surface area contributed by atoms with Gasteiger partial charge in [0.2, 0.25) is 11.9 Å². The Morgan fingerprint density at radius 2 is 1.86 bits per heavy atom. The van der Waals surface area contributed by atoms with E-state index in [1.54, 1.807) is 0 Å². The number of methoxy groups -OCH3 is 1. The fraction of sp³-hybridized carbons (Fsp3) is 0.650. The van der Waals surface area contributed by atoms with Crippen LogP contribution in [0.3, 0.4) is 0 Å². The molecule has 3 aliphatic rings. The van der Waals surface area contributed by atoms with Gasteiger partial charge in [-0.05, 0) is 38.5 Å². The van der Waals surface area contributed by atoms with Crippen molar-refractivity contribution in [3.8, 4) is 0 Å². The van der Waals surface area contributed by atoms with Crippen LogP contribution in [0.15, 0.2) is 0 Å². The number of carbonyl (C=O) groups is 3. The van der Waals surface area contributed by atoms with Crippen molar-refractivity contribution >= 4 is 23.7 Å². The summed E-state index contributed by atoms with van der Waals surface area (Å²) in [7, 11) is 1.28. The van der Waals surface area contributed by atoms with Crippen molar-refractivity contribution in [2.75, 3.05) is 38.2 Å². The van der Waals surface area contributed by atoms with E-state index in [0.717, 1.165) is 62.9 Å². The van der Waals surface area contributed by atoms with Gasteiger partial charge >= 0.3 is 5.97 Å². The van der Waals surface area contributed by atoms with Gasteiger partial charge in [-0.25, -0.2) is 9.97 Å². The molecule has 0 aromatic carbocycles. The number of piperazine rings is 1. The molecule has 1 N–H and O–H groups in total. The average molecular weight is 401 g/mol. The van der Waals surface area contributed by atoms with E-state index in [4.69, 9.17) is 9.72 Å². The molecule has 2 amide bonds. The van der Waals surface area contributed by atoms with E-state index in [1.165, 1.54) is 12.0 Å². The van der Waals surface area contributed by atoms with E-state index in [0.29, 0.717) is 24.7 Å². The SMILES string of the molecule is COC(=O)CC1C(=O)NCCN1C(=O)c1nc(N2CCCC2)nc2c1CCCC2. The van der Waals surface area contributed by atoms with E-state index in [-0.39, 0.29) is 18.2 Å². The zero-order valence-electron chi connectivity index (χ0n) is 16.8. The van der Waals surface area contributed by atoms with Gasteiger partial charge in [0.15, 0.2) is 0 Å². The first kappa shape index (κ1) is 19.6. The molecule has 1 aromatic rings. The Kier molecular flexibility index (Phi) is 5.64. The highest BCUT2D eigenvalue weighted by atomic mass is 16.5. The molecule has 2 saturated heterocycles. The van der Waals surface area contributed by atoms with Gasteiger partial charge in [-0.3, -0.25) is 14.4 Å². The molecule has 0 bridgehead atoms. The second-order valence-electron chi connectivity index (χ2n) is 7.78. The maximum atomic E-state index is 13.5. The highest BCUT2D eigenvalue weighted by molar-refractivity contribution is 5.99. The lowest BCUT2D eigenvalue weighted by Gasteiger charge is -2.35. The Morgan fingerprint density at radius 3 is 2.62 bits per heavy atom. The quantitative estimate of drug-likeness (QED) is 0.731. The molecule has 9 nitrogen and oxygen atoms in total. The molecule has 156 valence electrons. The second kappa shape index (κ2) is 8.34. The van der Waals surface area contributed by atoms with Crippen molar-refractivity contribution in [2.24, 2.45) is 0 Å². The Hall–Kier alpha value is -2.71. The minimum atomic E-state index is -0.881. The molecule has 0 spiro atoms. The number of anilines is 1. The van der Waals surface area contributed by atoms with Crippen LogP contribution < -0.4 is 10.2 Å². The number of hydrogen-bond donors (Lipinski definition) is 1. The Balaban J connectivity index is 1.69. The van der Waals surface area contributed by atoms with Gasteiger partial charge in [0.05, 0.1) is 13.5 Å². The summed E-state index contributed by atoms with van der Waals surface area (Å²) in [6.07, 6.45) is 5.66. The molecule has 3 heterocycles. The van der Waals surface area contributed by atoms with Crippen molar-refractivity contribution in [1.82, 2.24) is 20.2 Å². The van der Waals surface area contributed by atoms with Gasteiger partial charge < -0.3 is 19.9 Å². The fourth-order valence-corrected chi connectivity index (χ4v) is 4.35. The first-order valence-electron chi connectivity index (χ1n) is 10.4. The van der Waals surface area contributed by atoms with Crippen LogP contribution in [-0.4, -0.2) is 72.0 Å². The van der Waals surface area contributed by atoms with Crippen molar-refractivity contribution in [3.05, 3.63) is 17.0 Å². The molecule has 0 radical (unpaired) electrons. The van der Waals surface area contributed by atoms with Crippen LogP contribution in [0, 0.1) is 0 Å². The minimum Gasteiger partial charge on any atom is -0.469 e. The molecule has 1 aromatic heterocycles. The molecule has 2 fully saturated rings. The topological polar surface area (TPSA) is 105 Å². The monoisotopic (exact) mass is 401 g/mol. The number of carbonyl (C=O) groups excluding carboxylic acids is 3. The smallest absolute Gasteiger partial charge is 0.308 e. The second-order valence-corrected chi connectivity index (χ2v) is 7.78. The number of hydrogen-bond acceptors (Lipinski definition) is 7. The third kappa shape index (κ3) is 3.90. The van der Waals surface area contributed by atoms with E-state index >= 15 is 0 Å². The van der Waals surface area contributed by atoms with Gasteiger partial charge in [0.25, 0.3) is 5.91 Å². The lowest BCUT2D eigenvalue weighted by Crippen LogP contribution is -2.58.